The Morgan fingerprint density at radius 2 is 2.15 bits per heavy atom. The number of carbonyl (C=O) groups excluding carboxylic acids is 1. The predicted molar refractivity (Wildman–Crippen MR) is 66.2 cm³/mol. The van der Waals surface area contributed by atoms with E-state index in [9.17, 15) is 18.0 Å². The lowest BCUT2D eigenvalue weighted by molar-refractivity contribution is -0.141. The van der Waals surface area contributed by atoms with Crippen LogP contribution in [0.25, 0.3) is 0 Å². The van der Waals surface area contributed by atoms with Crippen molar-refractivity contribution < 1.29 is 18.0 Å². The number of carbonyl (C=O) groups is 1. The van der Waals surface area contributed by atoms with Gasteiger partial charge in [-0.2, -0.15) is 13.2 Å². The molecule has 1 aliphatic rings. The number of anilines is 1. The van der Waals surface area contributed by atoms with Crippen molar-refractivity contribution in [2.45, 2.75) is 19.0 Å². The highest BCUT2D eigenvalue weighted by molar-refractivity contribution is 6.28. The number of halogens is 4. The number of alkyl halides is 3. The van der Waals surface area contributed by atoms with Gasteiger partial charge >= 0.3 is 6.18 Å². The number of amides is 1. The van der Waals surface area contributed by atoms with E-state index in [1.807, 2.05) is 0 Å². The Hall–Kier alpha value is -1.57. The lowest BCUT2D eigenvalue weighted by atomic mass is 9.97. The minimum atomic E-state index is -4.60. The Kier molecular flexibility index (Phi) is 4.03. The molecule has 0 aliphatic carbocycles. The van der Waals surface area contributed by atoms with Gasteiger partial charge in [0, 0.05) is 19.2 Å². The fourth-order valence-corrected chi connectivity index (χ4v) is 2.31. The summed E-state index contributed by atoms with van der Waals surface area (Å²) in [6.45, 7) is 0.731. The summed E-state index contributed by atoms with van der Waals surface area (Å²) in [7, 11) is 0. The van der Waals surface area contributed by atoms with Crippen LogP contribution < -0.4 is 10.6 Å². The molecule has 1 aliphatic heterocycles. The van der Waals surface area contributed by atoms with E-state index in [0.717, 1.165) is 6.07 Å². The number of rotatable bonds is 2. The van der Waals surface area contributed by atoms with Crippen LogP contribution in [0.5, 0.6) is 0 Å². The lowest BCUT2D eigenvalue weighted by Crippen LogP contribution is -2.41. The molecular weight excluding hydrogens is 297 g/mol. The van der Waals surface area contributed by atoms with Gasteiger partial charge in [-0.1, -0.05) is 0 Å². The molecule has 1 fully saturated rings. The maximum Gasteiger partial charge on any atom is 0.433 e. The molecule has 1 amide bonds. The van der Waals surface area contributed by atoms with E-state index in [-0.39, 0.29) is 12.4 Å². The summed E-state index contributed by atoms with van der Waals surface area (Å²) >= 11 is 5.53. The maximum atomic E-state index is 12.7. The van der Waals surface area contributed by atoms with Gasteiger partial charge in [-0.3, -0.25) is 4.79 Å². The third-order valence-electron chi connectivity index (χ3n) is 3.12. The molecule has 110 valence electrons. The molecule has 0 aromatic carbocycles. The second-order valence-electron chi connectivity index (χ2n) is 4.57. The molecule has 0 bridgehead atoms. The van der Waals surface area contributed by atoms with Crippen LogP contribution in [0.1, 0.15) is 18.5 Å². The van der Waals surface area contributed by atoms with Gasteiger partial charge in [-0.15, -0.1) is 0 Å². The highest BCUT2D eigenvalue weighted by Crippen LogP contribution is 2.31. The quantitative estimate of drug-likeness (QED) is 0.846. The van der Waals surface area contributed by atoms with Crippen molar-refractivity contribution in [1.29, 1.82) is 0 Å². The zero-order valence-electron chi connectivity index (χ0n) is 10.3. The van der Waals surface area contributed by atoms with E-state index in [1.54, 1.807) is 4.90 Å². The molecule has 1 saturated heterocycles. The van der Waals surface area contributed by atoms with Gasteiger partial charge in [0.15, 0.2) is 5.69 Å². The van der Waals surface area contributed by atoms with Gasteiger partial charge in [-0.05, 0) is 24.4 Å². The Morgan fingerprint density at radius 1 is 1.45 bits per heavy atom. The topological polar surface area (TPSA) is 72.1 Å². The first-order valence-corrected chi connectivity index (χ1v) is 6.31. The monoisotopic (exact) mass is 308 g/mol. The Bertz CT molecular complexity index is 523. The average Bonchev–Trinajstić information content (AvgIpc) is 2.37. The van der Waals surface area contributed by atoms with Crippen molar-refractivity contribution in [3.8, 4) is 0 Å². The summed E-state index contributed by atoms with van der Waals surface area (Å²) in [5.74, 6) is -0.805. The van der Waals surface area contributed by atoms with Crippen LogP contribution in [0.3, 0.4) is 0 Å². The van der Waals surface area contributed by atoms with Crippen molar-refractivity contribution >= 4 is 23.3 Å². The van der Waals surface area contributed by atoms with Crippen LogP contribution in [-0.2, 0) is 11.0 Å². The lowest BCUT2D eigenvalue weighted by Gasteiger charge is -2.32. The molecule has 1 aromatic rings. The molecule has 1 aromatic heterocycles. The van der Waals surface area contributed by atoms with Crippen LogP contribution in [0.15, 0.2) is 6.07 Å². The van der Waals surface area contributed by atoms with Crippen molar-refractivity contribution in [2.24, 2.45) is 11.7 Å². The molecule has 5 nitrogen and oxygen atoms in total. The van der Waals surface area contributed by atoms with Crippen LogP contribution >= 0.6 is 11.6 Å². The van der Waals surface area contributed by atoms with E-state index in [2.05, 4.69) is 9.97 Å². The van der Waals surface area contributed by atoms with Crippen LogP contribution in [0.4, 0.5) is 19.0 Å². The number of nitrogens with zero attached hydrogens (tertiary/aromatic N) is 3. The SMILES string of the molecule is NC(=O)C1CCCN(c2cc(C(F)(F)F)nc(Cl)n2)C1. The van der Waals surface area contributed by atoms with Crippen LogP contribution in [-0.4, -0.2) is 29.0 Å². The van der Waals surface area contributed by atoms with Crippen LogP contribution in [0, 0.1) is 5.92 Å². The Balaban J connectivity index is 2.28. The smallest absolute Gasteiger partial charge is 0.369 e. The number of aromatic nitrogens is 2. The summed E-state index contributed by atoms with van der Waals surface area (Å²) in [5, 5.41) is -0.476. The van der Waals surface area contributed by atoms with E-state index >= 15 is 0 Å². The first kappa shape index (κ1) is 14.8. The third kappa shape index (κ3) is 3.30. The molecule has 2 N–H and O–H groups in total. The van der Waals surface area contributed by atoms with E-state index < -0.39 is 29.0 Å². The molecule has 1 atom stereocenters. The van der Waals surface area contributed by atoms with E-state index in [4.69, 9.17) is 17.3 Å². The second-order valence-corrected chi connectivity index (χ2v) is 4.90. The van der Waals surface area contributed by atoms with Gasteiger partial charge in [0.25, 0.3) is 0 Å². The largest absolute Gasteiger partial charge is 0.433 e. The van der Waals surface area contributed by atoms with Gasteiger partial charge in [0.2, 0.25) is 11.2 Å². The van der Waals surface area contributed by atoms with Gasteiger partial charge in [0.05, 0.1) is 5.92 Å². The fraction of sp³-hybridized carbons (Fsp3) is 0.545. The van der Waals surface area contributed by atoms with Gasteiger partial charge in [-0.25, -0.2) is 9.97 Å². The third-order valence-corrected chi connectivity index (χ3v) is 3.29. The molecule has 0 saturated carbocycles. The highest BCUT2D eigenvalue weighted by atomic mass is 35.5. The minimum Gasteiger partial charge on any atom is -0.369 e. The highest BCUT2D eigenvalue weighted by Gasteiger charge is 2.34. The maximum absolute atomic E-state index is 12.7. The Labute approximate surface area is 117 Å². The summed E-state index contributed by atoms with van der Waals surface area (Å²) in [5.41, 5.74) is 4.13. The zero-order chi connectivity index (χ0) is 14.9. The minimum absolute atomic E-state index is 0.0586. The molecule has 0 spiro atoms. The Morgan fingerprint density at radius 3 is 2.75 bits per heavy atom. The number of nitrogens with two attached hydrogens (primary N) is 1. The molecule has 2 heterocycles. The second kappa shape index (κ2) is 5.43. The van der Waals surface area contributed by atoms with Crippen molar-refractivity contribution in [2.75, 3.05) is 18.0 Å². The summed E-state index contributed by atoms with van der Waals surface area (Å²) in [6.07, 6.45) is -3.33. The normalized spacial score (nSPS) is 20.0. The number of hydrogen-bond acceptors (Lipinski definition) is 4. The van der Waals surface area contributed by atoms with Crippen molar-refractivity contribution in [3.05, 3.63) is 17.0 Å². The molecule has 20 heavy (non-hydrogen) atoms. The van der Waals surface area contributed by atoms with Gasteiger partial charge in [0.1, 0.15) is 5.82 Å². The average molecular weight is 309 g/mol. The predicted octanol–water partition coefficient (Wildman–Crippen LogP) is 1.85. The first-order chi connectivity index (χ1) is 9.27. The molecule has 9 heteroatoms. The van der Waals surface area contributed by atoms with Gasteiger partial charge < -0.3 is 10.6 Å². The molecular formula is C11H12ClF3N4O. The zero-order valence-corrected chi connectivity index (χ0v) is 11.1. The summed E-state index contributed by atoms with van der Waals surface area (Å²) in [4.78, 5) is 19.7. The van der Waals surface area contributed by atoms with Crippen LogP contribution in [0.2, 0.25) is 5.28 Å². The van der Waals surface area contributed by atoms with Crippen molar-refractivity contribution in [3.63, 3.8) is 0 Å². The van der Waals surface area contributed by atoms with E-state index in [0.29, 0.717) is 19.4 Å². The summed E-state index contributed by atoms with van der Waals surface area (Å²) in [6, 6.07) is 0.829. The van der Waals surface area contributed by atoms with Crippen molar-refractivity contribution in [1.82, 2.24) is 9.97 Å². The molecule has 0 radical (unpaired) electrons. The standard InChI is InChI=1S/C11H12ClF3N4O/c12-10-17-7(11(13,14)15)4-8(18-10)19-3-1-2-6(5-19)9(16)20/h4,6H,1-3,5H2,(H2,16,20). The number of piperidine rings is 1. The number of hydrogen-bond donors (Lipinski definition) is 1. The van der Waals surface area contributed by atoms with E-state index in [1.165, 1.54) is 0 Å². The molecule has 1 unspecified atom stereocenters. The molecule has 2 rings (SSSR count). The summed E-state index contributed by atoms with van der Waals surface area (Å²) < 4.78 is 38.0. The first-order valence-electron chi connectivity index (χ1n) is 5.93. The fourth-order valence-electron chi connectivity index (χ4n) is 2.13. The number of primary amides is 1.